The Morgan fingerprint density at radius 1 is 1.21 bits per heavy atom. The standard InChI is InChI=1S/C29H31N5O5/c1-3-14-33-24-12-11-22(34-25-9-4-5-10-26(25)39-19-27(34)36)17-23(24)29(38,28(33)37)20(2)8-6-7-15-32-18-21(13-16-35)30-31-32/h3-6,8-12,17-18,20,35,38H,1,7,13-16,19H2,2H3/b8-6+/t20-,29+/m0/s1. The molecule has 0 bridgehead atoms. The van der Waals surface area contributed by atoms with Crippen molar-refractivity contribution in [3.63, 3.8) is 0 Å². The van der Waals surface area contributed by atoms with E-state index in [1.807, 2.05) is 24.3 Å². The summed E-state index contributed by atoms with van der Waals surface area (Å²) in [5.74, 6) is -0.662. The highest BCUT2D eigenvalue weighted by molar-refractivity contribution is 6.09. The number of ether oxygens (including phenoxy) is 1. The average molecular weight is 530 g/mol. The molecule has 2 amide bonds. The summed E-state index contributed by atoms with van der Waals surface area (Å²) < 4.78 is 7.28. The molecule has 0 radical (unpaired) electrons. The molecule has 39 heavy (non-hydrogen) atoms. The summed E-state index contributed by atoms with van der Waals surface area (Å²) in [4.78, 5) is 29.6. The zero-order valence-corrected chi connectivity index (χ0v) is 21.7. The number of anilines is 3. The minimum absolute atomic E-state index is 0.0149. The number of amides is 2. The normalized spacial score (nSPS) is 19.3. The molecule has 3 heterocycles. The van der Waals surface area contributed by atoms with Gasteiger partial charge in [0.2, 0.25) is 0 Å². The molecule has 3 aromatic rings. The molecular weight excluding hydrogens is 498 g/mol. The van der Waals surface area contributed by atoms with Crippen LogP contribution in [0.4, 0.5) is 17.1 Å². The van der Waals surface area contributed by atoms with Crippen LogP contribution >= 0.6 is 0 Å². The first-order valence-electron chi connectivity index (χ1n) is 12.9. The Morgan fingerprint density at radius 3 is 2.82 bits per heavy atom. The van der Waals surface area contributed by atoms with Gasteiger partial charge < -0.3 is 19.8 Å². The predicted octanol–water partition coefficient (Wildman–Crippen LogP) is 2.87. The first-order valence-corrected chi connectivity index (χ1v) is 12.9. The van der Waals surface area contributed by atoms with E-state index in [9.17, 15) is 14.7 Å². The van der Waals surface area contributed by atoms with Gasteiger partial charge in [-0.05, 0) is 36.8 Å². The van der Waals surface area contributed by atoms with Crippen molar-refractivity contribution >= 4 is 28.9 Å². The summed E-state index contributed by atoms with van der Waals surface area (Å²) in [6.07, 6.45) is 8.20. The highest BCUT2D eigenvalue weighted by Gasteiger charge is 2.52. The van der Waals surface area contributed by atoms with Crippen LogP contribution in [0.5, 0.6) is 5.75 Å². The number of aromatic nitrogens is 3. The van der Waals surface area contributed by atoms with Gasteiger partial charge in [-0.25, -0.2) is 0 Å². The minimum Gasteiger partial charge on any atom is -0.482 e. The molecule has 10 heteroatoms. The molecular formula is C29H31N5O5. The van der Waals surface area contributed by atoms with Crippen molar-refractivity contribution in [2.45, 2.75) is 31.9 Å². The molecule has 0 saturated heterocycles. The van der Waals surface area contributed by atoms with Crippen LogP contribution in [0.25, 0.3) is 0 Å². The Hall–Kier alpha value is -4.28. The molecule has 202 valence electrons. The highest BCUT2D eigenvalue weighted by Crippen LogP contribution is 2.48. The van der Waals surface area contributed by atoms with E-state index >= 15 is 0 Å². The predicted molar refractivity (Wildman–Crippen MR) is 146 cm³/mol. The van der Waals surface area contributed by atoms with Crippen LogP contribution in [0, 0.1) is 5.92 Å². The zero-order valence-electron chi connectivity index (χ0n) is 21.7. The number of nitrogens with zero attached hydrogens (tertiary/aromatic N) is 5. The largest absolute Gasteiger partial charge is 0.482 e. The Morgan fingerprint density at radius 2 is 2.03 bits per heavy atom. The van der Waals surface area contributed by atoms with Crippen LogP contribution < -0.4 is 14.5 Å². The number of hydrogen-bond acceptors (Lipinski definition) is 7. The maximum Gasteiger partial charge on any atom is 0.269 e. The Labute approximate surface area is 226 Å². The second-order valence-corrected chi connectivity index (χ2v) is 9.61. The Bertz CT molecular complexity index is 1430. The van der Waals surface area contributed by atoms with E-state index in [-0.39, 0.29) is 25.7 Å². The SMILES string of the molecule is C=CCN1C(=O)[C@@](O)([C@@H](C)/C=C/CCn2cc(CCO)nn2)c2cc(N3C(=O)COc4ccccc43)ccc21. The lowest BCUT2D eigenvalue weighted by Crippen LogP contribution is -2.44. The smallest absolute Gasteiger partial charge is 0.269 e. The van der Waals surface area contributed by atoms with Gasteiger partial charge in [0.1, 0.15) is 5.75 Å². The molecule has 2 aliphatic rings. The van der Waals surface area contributed by atoms with Gasteiger partial charge in [0, 0.05) is 49.5 Å². The molecule has 5 rings (SSSR count). The number of carbonyl (C=O) groups is 2. The summed E-state index contributed by atoms with van der Waals surface area (Å²) in [7, 11) is 0. The summed E-state index contributed by atoms with van der Waals surface area (Å²) in [6.45, 7) is 6.28. The van der Waals surface area contributed by atoms with Gasteiger partial charge in [0.15, 0.2) is 12.2 Å². The topological polar surface area (TPSA) is 121 Å². The van der Waals surface area contributed by atoms with E-state index in [4.69, 9.17) is 9.84 Å². The van der Waals surface area contributed by atoms with Crippen LogP contribution in [0.2, 0.25) is 0 Å². The number of aryl methyl sites for hydroxylation is 1. The molecule has 10 nitrogen and oxygen atoms in total. The van der Waals surface area contributed by atoms with Crippen LogP contribution in [0.15, 0.2) is 73.5 Å². The van der Waals surface area contributed by atoms with Crippen molar-refractivity contribution in [2.24, 2.45) is 5.92 Å². The number of aliphatic hydroxyl groups is 2. The van der Waals surface area contributed by atoms with E-state index < -0.39 is 17.4 Å². The molecule has 0 fully saturated rings. The number of aliphatic hydroxyl groups excluding tert-OH is 1. The highest BCUT2D eigenvalue weighted by atomic mass is 16.5. The summed E-state index contributed by atoms with van der Waals surface area (Å²) in [5, 5.41) is 29.1. The number of rotatable bonds is 10. The number of carbonyl (C=O) groups excluding carboxylic acids is 2. The fourth-order valence-electron chi connectivity index (χ4n) is 5.09. The van der Waals surface area contributed by atoms with Crippen LogP contribution in [-0.4, -0.2) is 56.8 Å². The van der Waals surface area contributed by atoms with Crippen LogP contribution in [0.3, 0.4) is 0 Å². The number of hydrogen-bond donors (Lipinski definition) is 2. The molecule has 2 aliphatic heterocycles. The van der Waals surface area contributed by atoms with E-state index in [1.54, 1.807) is 59.1 Å². The van der Waals surface area contributed by atoms with Gasteiger partial charge in [-0.15, -0.1) is 11.7 Å². The number of allylic oxidation sites excluding steroid dienone is 1. The van der Waals surface area contributed by atoms with E-state index in [1.165, 1.54) is 4.90 Å². The first kappa shape index (κ1) is 26.3. The molecule has 2 atom stereocenters. The van der Waals surface area contributed by atoms with Gasteiger partial charge in [0.25, 0.3) is 11.8 Å². The van der Waals surface area contributed by atoms with Crippen molar-refractivity contribution in [2.75, 3.05) is 29.6 Å². The summed E-state index contributed by atoms with van der Waals surface area (Å²) in [5.41, 5.74) is 1.05. The van der Waals surface area contributed by atoms with E-state index in [2.05, 4.69) is 16.9 Å². The van der Waals surface area contributed by atoms with Crippen molar-refractivity contribution in [1.29, 1.82) is 0 Å². The van der Waals surface area contributed by atoms with Crippen molar-refractivity contribution in [1.82, 2.24) is 15.0 Å². The Kier molecular flexibility index (Phi) is 7.32. The summed E-state index contributed by atoms with van der Waals surface area (Å²) >= 11 is 0. The average Bonchev–Trinajstić information content (AvgIpc) is 3.48. The monoisotopic (exact) mass is 529 g/mol. The maximum absolute atomic E-state index is 13.6. The van der Waals surface area contributed by atoms with Gasteiger partial charge in [-0.2, -0.15) is 0 Å². The fraction of sp³-hybridized carbons (Fsp3) is 0.310. The fourth-order valence-corrected chi connectivity index (χ4v) is 5.09. The van der Waals surface area contributed by atoms with E-state index in [0.717, 1.165) is 5.69 Å². The van der Waals surface area contributed by atoms with Crippen molar-refractivity contribution in [3.05, 3.63) is 84.7 Å². The van der Waals surface area contributed by atoms with E-state index in [0.29, 0.717) is 47.8 Å². The second-order valence-electron chi connectivity index (χ2n) is 9.61. The third-order valence-electron chi connectivity index (χ3n) is 7.09. The zero-order chi connectivity index (χ0) is 27.6. The number of benzene rings is 2. The van der Waals surface area contributed by atoms with Crippen molar-refractivity contribution in [3.8, 4) is 5.75 Å². The number of para-hydroxylation sites is 2. The van der Waals surface area contributed by atoms with Crippen molar-refractivity contribution < 1.29 is 24.5 Å². The Balaban J connectivity index is 1.44. The molecule has 0 aliphatic carbocycles. The number of fused-ring (bicyclic) bond motifs is 2. The lowest BCUT2D eigenvalue weighted by atomic mass is 9.82. The molecule has 1 aromatic heterocycles. The van der Waals surface area contributed by atoms with Gasteiger partial charge in [0.05, 0.1) is 17.1 Å². The van der Waals surface area contributed by atoms with Crippen LogP contribution in [0.1, 0.15) is 24.6 Å². The molecule has 0 spiro atoms. The molecule has 2 N–H and O–H groups in total. The molecule has 0 saturated carbocycles. The van der Waals surface area contributed by atoms with Crippen LogP contribution in [-0.2, 0) is 28.2 Å². The van der Waals surface area contributed by atoms with Gasteiger partial charge in [-0.1, -0.05) is 42.5 Å². The summed E-state index contributed by atoms with van der Waals surface area (Å²) in [6, 6.07) is 12.5. The minimum atomic E-state index is -1.83. The molecule has 2 aromatic carbocycles. The third-order valence-corrected chi connectivity index (χ3v) is 7.09. The first-order chi connectivity index (χ1) is 18.9. The maximum atomic E-state index is 13.6. The van der Waals surface area contributed by atoms with Gasteiger partial charge >= 0.3 is 0 Å². The third kappa shape index (κ3) is 4.73. The lowest BCUT2D eigenvalue weighted by Gasteiger charge is -2.31. The quantitative estimate of drug-likeness (QED) is 0.388. The molecule has 0 unspecified atom stereocenters. The second kappa shape index (κ2) is 10.8. The lowest BCUT2D eigenvalue weighted by molar-refractivity contribution is -0.139. The van der Waals surface area contributed by atoms with Gasteiger partial charge in [-0.3, -0.25) is 19.2 Å².